The van der Waals surface area contributed by atoms with Crippen molar-refractivity contribution in [2.45, 2.75) is 45.6 Å². The summed E-state index contributed by atoms with van der Waals surface area (Å²) >= 11 is 0. The number of rotatable bonds is 5. The van der Waals surface area contributed by atoms with Crippen molar-refractivity contribution in [1.82, 2.24) is 16.0 Å². The number of hydrogen-bond donors (Lipinski definition) is 4. The van der Waals surface area contributed by atoms with E-state index in [1.165, 1.54) is 0 Å². The van der Waals surface area contributed by atoms with E-state index in [1.54, 1.807) is 0 Å². The van der Waals surface area contributed by atoms with Gasteiger partial charge in [-0.05, 0) is 39.5 Å². The molecule has 0 aromatic carbocycles. The zero-order valence-corrected chi connectivity index (χ0v) is 12.9. The van der Waals surface area contributed by atoms with Crippen molar-refractivity contribution < 1.29 is 19.5 Å². The summed E-state index contributed by atoms with van der Waals surface area (Å²) in [6.45, 7) is 5.80. The maximum Gasteiger partial charge on any atom is 0.315 e. The van der Waals surface area contributed by atoms with Gasteiger partial charge in [-0.2, -0.15) is 0 Å². The van der Waals surface area contributed by atoms with E-state index in [9.17, 15) is 14.4 Å². The highest BCUT2D eigenvalue weighted by Gasteiger charge is 2.32. The van der Waals surface area contributed by atoms with E-state index in [-0.39, 0.29) is 29.8 Å². The molecule has 0 spiro atoms. The molecule has 0 bridgehead atoms. The largest absolute Gasteiger partial charge is 0.481 e. The van der Waals surface area contributed by atoms with Gasteiger partial charge >= 0.3 is 12.0 Å². The van der Waals surface area contributed by atoms with Gasteiger partial charge in [0.25, 0.3) is 0 Å². The van der Waals surface area contributed by atoms with Crippen molar-refractivity contribution >= 4 is 17.9 Å². The number of carbonyl (C=O) groups is 3. The maximum atomic E-state index is 11.6. The van der Waals surface area contributed by atoms with Crippen molar-refractivity contribution in [2.24, 2.45) is 11.8 Å². The number of urea groups is 1. The Labute approximate surface area is 124 Å². The summed E-state index contributed by atoms with van der Waals surface area (Å²) in [5.41, 5.74) is -0.339. The zero-order valence-electron chi connectivity index (χ0n) is 12.9. The van der Waals surface area contributed by atoms with Crippen LogP contribution in [0.25, 0.3) is 0 Å². The first-order valence-corrected chi connectivity index (χ1v) is 7.24. The number of carboxylic acid groups (broad SMARTS) is 1. The first-order chi connectivity index (χ1) is 9.69. The third kappa shape index (κ3) is 6.46. The summed E-state index contributed by atoms with van der Waals surface area (Å²) in [7, 11) is 0. The number of amides is 3. The standard InChI is InChI=1S/C14H25N3O4/c1-14(2,3)17-11(18)8-16-13(21)15-7-9-5-4-6-10(9)12(19)20/h9-10H,4-8H2,1-3H3,(H,17,18)(H,19,20)(H2,15,16,21). The van der Waals surface area contributed by atoms with E-state index >= 15 is 0 Å². The van der Waals surface area contributed by atoms with Crippen LogP contribution in [-0.2, 0) is 9.59 Å². The third-order valence-corrected chi connectivity index (χ3v) is 3.43. The van der Waals surface area contributed by atoms with Gasteiger partial charge in [0, 0.05) is 12.1 Å². The van der Waals surface area contributed by atoms with E-state index in [0.29, 0.717) is 13.0 Å². The summed E-state index contributed by atoms with van der Waals surface area (Å²) in [6, 6.07) is -0.449. The van der Waals surface area contributed by atoms with Crippen LogP contribution in [0.15, 0.2) is 0 Å². The molecule has 2 unspecified atom stereocenters. The van der Waals surface area contributed by atoms with Crippen LogP contribution in [0.1, 0.15) is 40.0 Å². The fourth-order valence-electron chi connectivity index (χ4n) is 2.52. The van der Waals surface area contributed by atoms with Crippen molar-refractivity contribution in [1.29, 1.82) is 0 Å². The van der Waals surface area contributed by atoms with Crippen molar-refractivity contribution in [2.75, 3.05) is 13.1 Å². The fraction of sp³-hybridized carbons (Fsp3) is 0.786. The Morgan fingerprint density at radius 3 is 2.38 bits per heavy atom. The minimum atomic E-state index is -0.802. The van der Waals surface area contributed by atoms with Crippen LogP contribution >= 0.6 is 0 Å². The van der Waals surface area contributed by atoms with E-state index < -0.39 is 12.0 Å². The maximum absolute atomic E-state index is 11.6. The minimum absolute atomic E-state index is 0.0309. The first kappa shape index (κ1) is 17.3. The monoisotopic (exact) mass is 299 g/mol. The van der Waals surface area contributed by atoms with Gasteiger partial charge in [0.1, 0.15) is 0 Å². The van der Waals surface area contributed by atoms with Gasteiger partial charge in [-0.25, -0.2) is 4.79 Å². The predicted octanol–water partition coefficient (Wildman–Crippen LogP) is 0.701. The van der Waals surface area contributed by atoms with Crippen LogP contribution in [0.2, 0.25) is 0 Å². The van der Waals surface area contributed by atoms with E-state index in [2.05, 4.69) is 16.0 Å². The molecule has 1 fully saturated rings. The van der Waals surface area contributed by atoms with Gasteiger partial charge in [0.05, 0.1) is 12.5 Å². The highest BCUT2D eigenvalue weighted by atomic mass is 16.4. The molecule has 0 radical (unpaired) electrons. The number of hydrogen-bond acceptors (Lipinski definition) is 3. The van der Waals surface area contributed by atoms with Gasteiger partial charge in [-0.15, -0.1) is 0 Å². The van der Waals surface area contributed by atoms with Gasteiger partial charge in [0.15, 0.2) is 0 Å². The molecule has 0 heterocycles. The molecule has 3 amide bonds. The fourth-order valence-corrected chi connectivity index (χ4v) is 2.52. The molecule has 120 valence electrons. The molecule has 1 aliphatic carbocycles. The van der Waals surface area contributed by atoms with Gasteiger partial charge in [-0.1, -0.05) is 6.42 Å². The molecule has 0 saturated heterocycles. The summed E-state index contributed by atoms with van der Waals surface area (Å²) in [4.78, 5) is 34.2. The lowest BCUT2D eigenvalue weighted by Crippen LogP contribution is -2.48. The Morgan fingerprint density at radius 1 is 1.14 bits per heavy atom. The number of carbonyl (C=O) groups excluding carboxylic acids is 2. The molecule has 4 N–H and O–H groups in total. The summed E-state index contributed by atoms with van der Waals surface area (Å²) in [5.74, 6) is -1.47. The Morgan fingerprint density at radius 2 is 1.81 bits per heavy atom. The SMILES string of the molecule is CC(C)(C)NC(=O)CNC(=O)NCC1CCCC1C(=O)O. The quantitative estimate of drug-likeness (QED) is 0.599. The molecule has 7 nitrogen and oxygen atoms in total. The van der Waals surface area contributed by atoms with Crippen LogP contribution in [0, 0.1) is 11.8 Å². The second kappa shape index (κ2) is 7.28. The van der Waals surface area contributed by atoms with E-state index in [1.807, 2.05) is 20.8 Å². The molecule has 0 aromatic rings. The highest BCUT2D eigenvalue weighted by molar-refractivity contribution is 5.84. The van der Waals surface area contributed by atoms with Crippen molar-refractivity contribution in [3.63, 3.8) is 0 Å². The predicted molar refractivity (Wildman–Crippen MR) is 77.8 cm³/mol. The molecule has 21 heavy (non-hydrogen) atoms. The van der Waals surface area contributed by atoms with Crippen LogP contribution in [0.4, 0.5) is 4.79 Å². The molecule has 1 aliphatic rings. The minimum Gasteiger partial charge on any atom is -0.481 e. The van der Waals surface area contributed by atoms with E-state index in [4.69, 9.17) is 5.11 Å². The summed E-state index contributed by atoms with van der Waals surface area (Å²) in [5, 5.41) is 16.9. The number of aliphatic carboxylic acids is 1. The Bertz CT molecular complexity index is 404. The Balaban J connectivity index is 2.25. The Hall–Kier alpha value is -1.79. The number of nitrogens with one attached hydrogen (secondary N) is 3. The molecule has 0 aliphatic heterocycles. The van der Waals surface area contributed by atoms with Gasteiger partial charge in [0.2, 0.25) is 5.91 Å². The lowest BCUT2D eigenvalue weighted by Gasteiger charge is -2.21. The zero-order chi connectivity index (χ0) is 16.0. The number of carboxylic acids is 1. The van der Waals surface area contributed by atoms with Crippen LogP contribution < -0.4 is 16.0 Å². The second-order valence-corrected chi connectivity index (χ2v) is 6.50. The average molecular weight is 299 g/mol. The van der Waals surface area contributed by atoms with Crippen molar-refractivity contribution in [3.8, 4) is 0 Å². The summed E-state index contributed by atoms with van der Waals surface area (Å²) in [6.07, 6.45) is 2.35. The van der Waals surface area contributed by atoms with Gasteiger partial charge < -0.3 is 21.1 Å². The normalized spacial score (nSPS) is 21.7. The molecule has 0 aromatic heterocycles. The lowest BCUT2D eigenvalue weighted by atomic mass is 9.96. The molecular formula is C14H25N3O4. The lowest BCUT2D eigenvalue weighted by molar-refractivity contribution is -0.142. The van der Waals surface area contributed by atoms with E-state index in [0.717, 1.165) is 12.8 Å². The smallest absolute Gasteiger partial charge is 0.315 e. The molecule has 1 rings (SSSR count). The average Bonchev–Trinajstić information content (AvgIpc) is 2.80. The Kier molecular flexibility index (Phi) is 5.99. The third-order valence-electron chi connectivity index (χ3n) is 3.43. The molecule has 7 heteroatoms. The molecule has 1 saturated carbocycles. The highest BCUT2D eigenvalue weighted by Crippen LogP contribution is 2.31. The second-order valence-electron chi connectivity index (χ2n) is 6.50. The van der Waals surface area contributed by atoms with Crippen LogP contribution in [-0.4, -0.2) is 41.6 Å². The first-order valence-electron chi connectivity index (χ1n) is 7.24. The van der Waals surface area contributed by atoms with Crippen molar-refractivity contribution in [3.05, 3.63) is 0 Å². The summed E-state index contributed by atoms with van der Waals surface area (Å²) < 4.78 is 0. The molecular weight excluding hydrogens is 274 g/mol. The van der Waals surface area contributed by atoms with Crippen LogP contribution in [0.5, 0.6) is 0 Å². The van der Waals surface area contributed by atoms with Crippen LogP contribution in [0.3, 0.4) is 0 Å². The topological polar surface area (TPSA) is 108 Å². The van der Waals surface area contributed by atoms with Gasteiger partial charge in [-0.3, -0.25) is 9.59 Å². The molecule has 2 atom stereocenters.